The summed E-state index contributed by atoms with van der Waals surface area (Å²) in [4.78, 5) is 78.8. The van der Waals surface area contributed by atoms with Crippen LogP contribution in [-0.4, -0.2) is 112 Å². The van der Waals surface area contributed by atoms with Crippen LogP contribution in [0, 0.1) is 11.8 Å². The molecule has 2 aromatic rings. The minimum absolute atomic E-state index is 0.00755. The second kappa shape index (κ2) is 22.6. The number of benzene rings is 1. The van der Waals surface area contributed by atoms with Crippen LogP contribution in [0.4, 0.5) is 14.4 Å². The van der Waals surface area contributed by atoms with E-state index >= 15 is 0 Å². The number of Topliss-reactive ketones (excluding diaryl/α,β-unsaturated/α-hetero) is 2. The lowest BCUT2D eigenvalue weighted by Crippen LogP contribution is -2.46. The van der Waals surface area contributed by atoms with Gasteiger partial charge in [0.1, 0.15) is 24.7 Å². The molecule has 0 bridgehead atoms. The fraction of sp³-hybridized carbons (Fsp3) is 0.650. The number of ether oxygens (including phenoxy) is 3. The summed E-state index contributed by atoms with van der Waals surface area (Å²) >= 11 is 0. The highest BCUT2D eigenvalue weighted by Gasteiger charge is 2.29. The number of urea groups is 1. The second-order valence-electron chi connectivity index (χ2n) is 16.6. The molecule has 0 aliphatic heterocycles. The van der Waals surface area contributed by atoms with Crippen molar-refractivity contribution in [1.82, 2.24) is 35.4 Å². The van der Waals surface area contributed by atoms with Gasteiger partial charge in [-0.05, 0) is 50.7 Å². The van der Waals surface area contributed by atoms with E-state index in [4.69, 9.17) is 19.9 Å². The molecule has 1 aromatic carbocycles. The molecular formula is C40H64N8O9. The molecule has 2 atom stereocenters. The maximum absolute atomic E-state index is 13.6. The van der Waals surface area contributed by atoms with E-state index in [0.29, 0.717) is 17.5 Å². The number of amides is 5. The molecule has 0 saturated carbocycles. The molecule has 0 aliphatic carbocycles. The molecule has 0 spiro atoms. The number of likely N-dealkylation sites (N-methyl/N-ethyl adjacent to an activating group) is 2. The molecule has 1 heterocycles. The van der Waals surface area contributed by atoms with Crippen LogP contribution in [0.15, 0.2) is 30.5 Å². The third kappa shape index (κ3) is 18.6. The number of hydrogen-bond donors (Lipinski definition) is 3. The van der Waals surface area contributed by atoms with Crippen LogP contribution in [0.3, 0.4) is 0 Å². The highest BCUT2D eigenvalue weighted by molar-refractivity contribution is 5.92. The molecule has 4 N–H and O–H groups in total. The lowest BCUT2D eigenvalue weighted by atomic mass is 9.88. The van der Waals surface area contributed by atoms with E-state index in [0.717, 1.165) is 5.69 Å². The first-order valence-electron chi connectivity index (χ1n) is 19.3. The number of hydrogen-bond acceptors (Lipinski definition) is 11. The van der Waals surface area contributed by atoms with E-state index in [9.17, 15) is 28.8 Å². The number of rotatable bonds is 22. The highest BCUT2D eigenvalue weighted by Crippen LogP contribution is 2.20. The van der Waals surface area contributed by atoms with E-state index in [2.05, 4.69) is 20.9 Å². The van der Waals surface area contributed by atoms with Crippen molar-refractivity contribution in [2.45, 2.75) is 118 Å². The summed E-state index contributed by atoms with van der Waals surface area (Å²) in [5.74, 6) is -1.66. The third-order valence-electron chi connectivity index (χ3n) is 8.87. The first-order chi connectivity index (χ1) is 26.5. The smallest absolute Gasteiger partial charge is 0.410 e. The van der Waals surface area contributed by atoms with Crippen molar-refractivity contribution in [3.8, 4) is 0 Å². The monoisotopic (exact) mass is 800 g/mol. The third-order valence-corrected chi connectivity index (χ3v) is 8.87. The molecule has 318 valence electrons. The molecule has 1 aromatic heterocycles. The normalized spacial score (nSPS) is 12.7. The number of nitrogens with one attached hydrogen (secondary N) is 2. The summed E-state index contributed by atoms with van der Waals surface area (Å²) in [7, 11) is 3.16. The lowest BCUT2D eigenvalue weighted by Gasteiger charge is -2.26. The predicted molar refractivity (Wildman–Crippen MR) is 213 cm³/mol. The molecule has 0 fully saturated rings. The zero-order chi connectivity index (χ0) is 42.9. The average Bonchev–Trinajstić information content (AvgIpc) is 3.61. The molecule has 5 amide bonds. The van der Waals surface area contributed by atoms with Gasteiger partial charge in [-0.3, -0.25) is 14.4 Å². The van der Waals surface area contributed by atoms with Crippen molar-refractivity contribution < 1.29 is 43.0 Å². The highest BCUT2D eigenvalue weighted by atomic mass is 16.6. The van der Waals surface area contributed by atoms with Crippen molar-refractivity contribution >= 4 is 35.7 Å². The zero-order valence-corrected chi connectivity index (χ0v) is 35.4. The van der Waals surface area contributed by atoms with Gasteiger partial charge in [-0.15, -0.1) is 5.10 Å². The Labute approximate surface area is 336 Å². The molecule has 0 radical (unpaired) electrons. The van der Waals surface area contributed by atoms with Gasteiger partial charge in [0.05, 0.1) is 24.5 Å². The minimum atomic E-state index is -0.877. The summed E-state index contributed by atoms with van der Waals surface area (Å²) in [5.41, 5.74) is 6.62. The molecule has 57 heavy (non-hydrogen) atoms. The summed E-state index contributed by atoms with van der Waals surface area (Å²) in [6.07, 6.45) is 1.47. The van der Waals surface area contributed by atoms with Crippen molar-refractivity contribution in [3.63, 3.8) is 0 Å². The van der Waals surface area contributed by atoms with E-state index in [1.165, 1.54) is 9.80 Å². The van der Waals surface area contributed by atoms with Crippen LogP contribution in [-0.2, 0) is 53.8 Å². The van der Waals surface area contributed by atoms with Gasteiger partial charge in [0.15, 0.2) is 5.78 Å². The first-order valence-corrected chi connectivity index (χ1v) is 19.3. The van der Waals surface area contributed by atoms with Gasteiger partial charge in [-0.25, -0.2) is 19.1 Å². The van der Waals surface area contributed by atoms with Crippen molar-refractivity contribution in [2.75, 3.05) is 40.3 Å². The summed E-state index contributed by atoms with van der Waals surface area (Å²) in [6, 6.07) is 5.42. The van der Waals surface area contributed by atoms with Crippen LogP contribution >= 0.6 is 0 Å². The first kappa shape index (κ1) is 48.1. The number of primary amides is 1. The van der Waals surface area contributed by atoms with Gasteiger partial charge < -0.3 is 40.4 Å². The Balaban J connectivity index is 1.94. The maximum Gasteiger partial charge on any atom is 0.410 e. The lowest BCUT2D eigenvalue weighted by molar-refractivity contribution is -0.134. The number of nitrogens with zero attached hydrogens (tertiary/aromatic N) is 5. The van der Waals surface area contributed by atoms with Gasteiger partial charge in [-0.2, -0.15) is 0 Å². The zero-order valence-electron chi connectivity index (χ0n) is 35.4. The molecule has 17 heteroatoms. The van der Waals surface area contributed by atoms with Crippen LogP contribution in [0.2, 0.25) is 0 Å². The molecule has 0 aliphatic rings. The molecular weight excluding hydrogens is 736 g/mol. The van der Waals surface area contributed by atoms with Gasteiger partial charge in [-0.1, -0.05) is 64.1 Å². The van der Waals surface area contributed by atoms with Crippen LogP contribution < -0.4 is 16.4 Å². The van der Waals surface area contributed by atoms with Crippen LogP contribution in [0.5, 0.6) is 0 Å². The van der Waals surface area contributed by atoms with Gasteiger partial charge in [0.25, 0.3) is 0 Å². The van der Waals surface area contributed by atoms with Crippen molar-refractivity contribution in [3.05, 3.63) is 47.3 Å². The number of nitrogens with two attached hydrogens (primary N) is 1. The summed E-state index contributed by atoms with van der Waals surface area (Å²) in [6.45, 7) is 16.1. The van der Waals surface area contributed by atoms with E-state index in [-0.39, 0.29) is 88.2 Å². The molecule has 2 rings (SSSR count). The second-order valence-corrected chi connectivity index (χ2v) is 16.6. The van der Waals surface area contributed by atoms with E-state index in [1.807, 2.05) is 34.6 Å². The van der Waals surface area contributed by atoms with Gasteiger partial charge in [0.2, 0.25) is 5.91 Å². The Hall–Kier alpha value is -5.06. The Morgan fingerprint density at radius 1 is 0.912 bits per heavy atom. The Bertz CT molecular complexity index is 1630. The summed E-state index contributed by atoms with van der Waals surface area (Å²) in [5, 5.41) is 13.6. The minimum Gasteiger partial charge on any atom is -0.445 e. The Morgan fingerprint density at radius 2 is 1.53 bits per heavy atom. The number of carbonyl (C=O) groups excluding carboxylic acids is 6. The van der Waals surface area contributed by atoms with E-state index in [1.54, 1.807) is 70.0 Å². The molecule has 0 saturated heterocycles. The van der Waals surface area contributed by atoms with Crippen LogP contribution in [0.1, 0.15) is 97.9 Å². The largest absolute Gasteiger partial charge is 0.445 e. The SMILES string of the molecule is CC(C)[C@H](CC(=O)CCOCn1cc(C(C)(C)C)nn1)C(=O)N[C@@H](CCCNC(N)=O)C(=O)Cc1ccc(COC(=O)N(C)CCN(C)C(=O)OC(C)(C)C)cc1. The predicted octanol–water partition coefficient (Wildman–Crippen LogP) is 4.35. The average molecular weight is 801 g/mol. The fourth-order valence-corrected chi connectivity index (χ4v) is 5.29. The summed E-state index contributed by atoms with van der Waals surface area (Å²) < 4.78 is 18.0. The van der Waals surface area contributed by atoms with Gasteiger partial charge >= 0.3 is 18.2 Å². The van der Waals surface area contributed by atoms with E-state index < -0.39 is 41.7 Å². The topological polar surface area (TPSA) is 217 Å². The Kier molecular flexibility index (Phi) is 19.1. The maximum atomic E-state index is 13.6. The fourth-order valence-electron chi connectivity index (χ4n) is 5.29. The number of carbonyl (C=O) groups is 6. The van der Waals surface area contributed by atoms with Crippen molar-refractivity contribution in [2.24, 2.45) is 17.6 Å². The molecule has 0 unspecified atom stereocenters. The van der Waals surface area contributed by atoms with Crippen LogP contribution in [0.25, 0.3) is 0 Å². The Morgan fingerprint density at radius 3 is 2.09 bits per heavy atom. The number of aromatic nitrogens is 3. The molecule has 17 nitrogen and oxygen atoms in total. The standard InChI is InChI=1S/C40H64N8O9/c1-27(2)31(23-30(49)17-21-55-26-48-24-34(44-45-48)39(3,4)5)35(51)43-32(12-11-18-42-36(41)52)33(50)22-28-13-15-29(16-14-28)25-56-37(53)46(9)19-20-47(10)38(54)57-40(6,7)8/h13-16,24,27,31-32H,11-12,17-23,25-26H2,1-10H3,(H,43,51)(H3,41,42,52)/t31-,32-/m0/s1. The van der Waals surface area contributed by atoms with Crippen molar-refractivity contribution in [1.29, 1.82) is 0 Å². The quantitative estimate of drug-likeness (QED) is 0.142. The number of ketones is 2. The van der Waals surface area contributed by atoms with Gasteiger partial charge in [0, 0.05) is 64.3 Å².